The number of piperazine rings is 1. The number of nitrogens with zero attached hydrogens (tertiary/aromatic N) is 7. The average molecular weight is 389 g/mol. The Labute approximate surface area is 159 Å². The molecule has 1 fully saturated rings. The minimum Gasteiger partial charge on any atom is -0.354 e. The van der Waals surface area contributed by atoms with Gasteiger partial charge in [0.25, 0.3) is 0 Å². The Morgan fingerprint density at radius 2 is 1.75 bits per heavy atom. The van der Waals surface area contributed by atoms with Gasteiger partial charge in [-0.05, 0) is 17.7 Å². The lowest BCUT2D eigenvalue weighted by molar-refractivity contribution is -0.141. The van der Waals surface area contributed by atoms with Crippen molar-refractivity contribution in [3.8, 4) is 5.82 Å². The lowest BCUT2D eigenvalue weighted by atomic mass is 10.2. The number of hydrogen-bond donors (Lipinski definition) is 0. The molecule has 0 atom stereocenters. The molecule has 3 aromatic heterocycles. The molecule has 10 heteroatoms. The van der Waals surface area contributed by atoms with E-state index >= 15 is 0 Å². The molecule has 28 heavy (non-hydrogen) atoms. The molecule has 4 heterocycles. The molecular weight excluding hydrogens is 371 g/mol. The quantitative estimate of drug-likeness (QED) is 0.683. The summed E-state index contributed by atoms with van der Waals surface area (Å²) in [5.74, 6) is 1.53. The number of aromatic nitrogens is 5. The SMILES string of the molecule is FC(F)(F)c1ccc(CN2CCN(c3cc(-n4cccn4)ncn3)CC2)cn1. The molecule has 1 aliphatic rings. The zero-order chi connectivity index (χ0) is 19.6. The van der Waals surface area contributed by atoms with Gasteiger partial charge < -0.3 is 4.90 Å². The summed E-state index contributed by atoms with van der Waals surface area (Å²) in [7, 11) is 0. The first-order valence-electron chi connectivity index (χ1n) is 8.80. The largest absolute Gasteiger partial charge is 0.433 e. The minimum absolute atomic E-state index is 0.571. The van der Waals surface area contributed by atoms with Gasteiger partial charge in [-0.3, -0.25) is 9.88 Å². The van der Waals surface area contributed by atoms with Gasteiger partial charge in [-0.2, -0.15) is 18.3 Å². The second-order valence-electron chi connectivity index (χ2n) is 6.50. The van der Waals surface area contributed by atoms with E-state index in [1.165, 1.54) is 18.6 Å². The Kier molecular flexibility index (Phi) is 4.95. The summed E-state index contributed by atoms with van der Waals surface area (Å²) < 4.78 is 39.5. The standard InChI is InChI=1S/C18H18F3N7/c19-18(20,21)15-3-2-14(11-22-15)12-26-6-8-27(9-7-26)16-10-17(24-13-23-16)28-5-1-4-25-28/h1-5,10-11,13H,6-9,12H2. The van der Waals surface area contributed by atoms with Crippen molar-refractivity contribution in [3.63, 3.8) is 0 Å². The molecule has 0 saturated carbocycles. The number of alkyl halides is 3. The van der Waals surface area contributed by atoms with E-state index in [1.54, 1.807) is 10.9 Å². The first kappa shape index (κ1) is 18.4. The highest BCUT2D eigenvalue weighted by molar-refractivity contribution is 5.43. The normalized spacial score (nSPS) is 15.8. The van der Waals surface area contributed by atoms with Crippen molar-refractivity contribution in [3.05, 3.63) is 60.4 Å². The van der Waals surface area contributed by atoms with Crippen molar-refractivity contribution < 1.29 is 13.2 Å². The fraction of sp³-hybridized carbons (Fsp3) is 0.333. The summed E-state index contributed by atoms with van der Waals surface area (Å²) >= 11 is 0. The van der Waals surface area contributed by atoms with Gasteiger partial charge in [0.2, 0.25) is 0 Å². The molecule has 146 valence electrons. The molecule has 4 rings (SSSR count). The van der Waals surface area contributed by atoms with Gasteiger partial charge >= 0.3 is 6.18 Å². The maximum atomic E-state index is 12.6. The van der Waals surface area contributed by atoms with Gasteiger partial charge in [0, 0.05) is 57.4 Å². The topological polar surface area (TPSA) is 63.0 Å². The molecule has 3 aromatic rings. The Bertz CT molecular complexity index is 902. The first-order valence-corrected chi connectivity index (χ1v) is 8.80. The van der Waals surface area contributed by atoms with Crippen LogP contribution in [-0.2, 0) is 12.7 Å². The zero-order valence-electron chi connectivity index (χ0n) is 14.9. The Hall–Kier alpha value is -3.01. The molecule has 1 saturated heterocycles. The highest BCUT2D eigenvalue weighted by Crippen LogP contribution is 2.27. The van der Waals surface area contributed by atoms with Crippen LogP contribution in [0.1, 0.15) is 11.3 Å². The van der Waals surface area contributed by atoms with Crippen molar-refractivity contribution in [2.75, 3.05) is 31.1 Å². The van der Waals surface area contributed by atoms with Crippen LogP contribution in [0.5, 0.6) is 0 Å². The monoisotopic (exact) mass is 389 g/mol. The summed E-state index contributed by atoms with van der Waals surface area (Å²) in [5, 5.41) is 4.18. The number of pyridine rings is 1. The second-order valence-corrected chi connectivity index (χ2v) is 6.50. The molecule has 1 aliphatic heterocycles. The van der Waals surface area contributed by atoms with Gasteiger partial charge in [0.15, 0.2) is 5.82 Å². The molecule has 0 radical (unpaired) electrons. The molecule has 0 unspecified atom stereocenters. The van der Waals surface area contributed by atoms with Crippen LogP contribution in [0.15, 0.2) is 49.2 Å². The van der Waals surface area contributed by atoms with E-state index in [0.29, 0.717) is 12.4 Å². The van der Waals surface area contributed by atoms with Crippen molar-refractivity contribution in [2.45, 2.75) is 12.7 Å². The highest BCUT2D eigenvalue weighted by atomic mass is 19.4. The Morgan fingerprint density at radius 3 is 2.39 bits per heavy atom. The third-order valence-corrected chi connectivity index (χ3v) is 4.59. The van der Waals surface area contributed by atoms with E-state index < -0.39 is 11.9 Å². The van der Waals surface area contributed by atoms with Crippen LogP contribution in [0.2, 0.25) is 0 Å². The van der Waals surface area contributed by atoms with E-state index in [1.807, 2.05) is 18.3 Å². The number of rotatable bonds is 4. The summed E-state index contributed by atoms with van der Waals surface area (Å²) in [6.45, 7) is 3.67. The fourth-order valence-corrected chi connectivity index (χ4v) is 3.12. The number of hydrogen-bond acceptors (Lipinski definition) is 6. The molecule has 0 aromatic carbocycles. The van der Waals surface area contributed by atoms with Crippen LogP contribution in [-0.4, -0.2) is 55.8 Å². The molecule has 7 nitrogen and oxygen atoms in total. The van der Waals surface area contributed by atoms with Crippen LogP contribution >= 0.6 is 0 Å². The zero-order valence-corrected chi connectivity index (χ0v) is 14.9. The van der Waals surface area contributed by atoms with E-state index in [0.717, 1.165) is 43.6 Å². The third-order valence-electron chi connectivity index (χ3n) is 4.59. The summed E-state index contributed by atoms with van der Waals surface area (Å²) in [6.07, 6.45) is 1.93. The number of halogens is 3. The molecule has 0 N–H and O–H groups in total. The fourth-order valence-electron chi connectivity index (χ4n) is 3.12. The average Bonchev–Trinajstić information content (AvgIpc) is 3.23. The van der Waals surface area contributed by atoms with E-state index in [-0.39, 0.29) is 0 Å². The lowest BCUT2D eigenvalue weighted by Crippen LogP contribution is -2.46. The van der Waals surface area contributed by atoms with Crippen LogP contribution < -0.4 is 4.90 Å². The predicted molar refractivity (Wildman–Crippen MR) is 95.9 cm³/mol. The van der Waals surface area contributed by atoms with Gasteiger partial charge in [-0.25, -0.2) is 14.6 Å². The third kappa shape index (κ3) is 4.11. The molecule has 0 amide bonds. The van der Waals surface area contributed by atoms with Crippen molar-refractivity contribution in [1.29, 1.82) is 0 Å². The molecular formula is C18H18F3N7. The Balaban J connectivity index is 1.35. The maximum absolute atomic E-state index is 12.6. The van der Waals surface area contributed by atoms with Gasteiger partial charge in [-0.15, -0.1) is 0 Å². The van der Waals surface area contributed by atoms with E-state index in [9.17, 15) is 13.2 Å². The van der Waals surface area contributed by atoms with Crippen LogP contribution in [0, 0.1) is 0 Å². The number of anilines is 1. The molecule has 0 aliphatic carbocycles. The Morgan fingerprint density at radius 1 is 0.964 bits per heavy atom. The van der Waals surface area contributed by atoms with Crippen molar-refractivity contribution >= 4 is 5.82 Å². The van der Waals surface area contributed by atoms with Gasteiger partial charge in [0.05, 0.1) is 0 Å². The summed E-state index contributed by atoms with van der Waals surface area (Å²) in [6, 6.07) is 6.24. The van der Waals surface area contributed by atoms with E-state index in [4.69, 9.17) is 0 Å². The first-order chi connectivity index (χ1) is 13.5. The van der Waals surface area contributed by atoms with Crippen molar-refractivity contribution in [2.24, 2.45) is 0 Å². The smallest absolute Gasteiger partial charge is 0.354 e. The molecule has 0 spiro atoms. The van der Waals surface area contributed by atoms with Crippen molar-refractivity contribution in [1.82, 2.24) is 29.6 Å². The summed E-state index contributed by atoms with van der Waals surface area (Å²) in [5.41, 5.74) is -0.0951. The van der Waals surface area contributed by atoms with Crippen LogP contribution in [0.25, 0.3) is 5.82 Å². The highest BCUT2D eigenvalue weighted by Gasteiger charge is 2.32. The molecule has 0 bridgehead atoms. The van der Waals surface area contributed by atoms with Crippen LogP contribution in [0.4, 0.5) is 19.0 Å². The van der Waals surface area contributed by atoms with E-state index in [2.05, 4.69) is 29.9 Å². The lowest BCUT2D eigenvalue weighted by Gasteiger charge is -2.35. The minimum atomic E-state index is -4.41. The second kappa shape index (κ2) is 7.55. The van der Waals surface area contributed by atoms with Gasteiger partial charge in [0.1, 0.15) is 17.8 Å². The summed E-state index contributed by atoms with van der Waals surface area (Å²) in [4.78, 5) is 16.5. The van der Waals surface area contributed by atoms with Crippen LogP contribution in [0.3, 0.4) is 0 Å². The maximum Gasteiger partial charge on any atom is 0.433 e. The van der Waals surface area contributed by atoms with Gasteiger partial charge in [-0.1, -0.05) is 6.07 Å². The predicted octanol–water partition coefficient (Wildman–Crippen LogP) is 2.40.